The van der Waals surface area contributed by atoms with Gasteiger partial charge in [0.1, 0.15) is 0 Å². The molecule has 2 fully saturated rings. The van der Waals surface area contributed by atoms with E-state index in [1.807, 2.05) is 6.92 Å². The van der Waals surface area contributed by atoms with Crippen LogP contribution in [0.25, 0.3) is 11.0 Å². The number of alkyl halides is 3. The van der Waals surface area contributed by atoms with Crippen LogP contribution in [0, 0.1) is 0 Å². The monoisotopic (exact) mass is 445 g/mol. The van der Waals surface area contributed by atoms with Crippen LogP contribution < -0.4 is 5.69 Å². The average Bonchev–Trinajstić information content (AvgIpc) is 3.02. The van der Waals surface area contributed by atoms with Gasteiger partial charge in [0.15, 0.2) is 0 Å². The molecular weight excluding hydrogens is 419 g/mol. The van der Waals surface area contributed by atoms with Gasteiger partial charge in [0, 0.05) is 31.8 Å². The van der Waals surface area contributed by atoms with E-state index in [0.29, 0.717) is 17.7 Å². The van der Waals surface area contributed by atoms with E-state index in [0.717, 1.165) is 64.3 Å². The van der Waals surface area contributed by atoms with Gasteiger partial charge < -0.3 is 14.6 Å². The fourth-order valence-electron chi connectivity index (χ4n) is 5.05. The Kier molecular flexibility index (Phi) is 6.19. The fourth-order valence-corrected chi connectivity index (χ4v) is 5.31. The highest BCUT2D eigenvalue weighted by Gasteiger charge is 2.35. The molecule has 30 heavy (non-hydrogen) atoms. The highest BCUT2D eigenvalue weighted by molar-refractivity contribution is 6.32. The number of imidazole rings is 1. The van der Waals surface area contributed by atoms with Gasteiger partial charge in [0.25, 0.3) is 0 Å². The van der Waals surface area contributed by atoms with Gasteiger partial charge in [-0.3, -0.25) is 4.57 Å². The standard InChI is InChI=1S/C21H27ClF3N3O2/c1-2-30-15-5-3-13(4-6-15)27-9-7-14(8-10-27)28-19-12-17(22)16(21(23,24)25)11-18(19)26-20(28)29/h11-15H,2-10H2,1H3,(H,26,29). The normalized spacial score (nSPS) is 24.6. The summed E-state index contributed by atoms with van der Waals surface area (Å²) >= 11 is 5.90. The maximum atomic E-state index is 13.1. The molecule has 1 aliphatic heterocycles. The maximum Gasteiger partial charge on any atom is 0.417 e. The van der Waals surface area contributed by atoms with E-state index in [1.54, 1.807) is 4.57 Å². The molecule has 0 spiro atoms. The number of ether oxygens (including phenoxy) is 1. The molecule has 0 unspecified atom stereocenters. The first-order valence-corrected chi connectivity index (χ1v) is 11.0. The Morgan fingerprint density at radius 2 is 1.77 bits per heavy atom. The summed E-state index contributed by atoms with van der Waals surface area (Å²) in [5, 5.41) is -0.383. The van der Waals surface area contributed by atoms with Gasteiger partial charge in [-0.1, -0.05) is 11.6 Å². The summed E-state index contributed by atoms with van der Waals surface area (Å²) in [6.07, 6.45) is 1.81. The molecule has 0 amide bonds. The minimum atomic E-state index is -4.56. The lowest BCUT2D eigenvalue weighted by Gasteiger charge is -2.41. The van der Waals surface area contributed by atoms with Crippen LogP contribution in [0.4, 0.5) is 13.2 Å². The Hall–Kier alpha value is -1.51. The summed E-state index contributed by atoms with van der Waals surface area (Å²) in [4.78, 5) is 17.6. The van der Waals surface area contributed by atoms with Crippen molar-refractivity contribution in [3.8, 4) is 0 Å². The lowest BCUT2D eigenvalue weighted by molar-refractivity contribution is -0.137. The third-order valence-corrected chi connectivity index (χ3v) is 6.85. The molecule has 2 aromatic rings. The number of rotatable bonds is 4. The summed E-state index contributed by atoms with van der Waals surface area (Å²) in [6.45, 7) is 4.54. The zero-order chi connectivity index (χ0) is 21.5. The Morgan fingerprint density at radius 3 is 2.37 bits per heavy atom. The Morgan fingerprint density at radius 1 is 1.10 bits per heavy atom. The van der Waals surface area contributed by atoms with E-state index >= 15 is 0 Å². The van der Waals surface area contributed by atoms with Crippen LogP contribution in [0.1, 0.15) is 57.1 Å². The number of nitrogens with zero attached hydrogens (tertiary/aromatic N) is 2. The number of likely N-dealkylation sites (tertiary alicyclic amines) is 1. The van der Waals surface area contributed by atoms with Gasteiger partial charge in [-0.2, -0.15) is 13.2 Å². The molecule has 1 saturated heterocycles. The topological polar surface area (TPSA) is 50.3 Å². The fraction of sp³-hybridized carbons (Fsp3) is 0.667. The van der Waals surface area contributed by atoms with E-state index < -0.39 is 11.7 Å². The van der Waals surface area contributed by atoms with Gasteiger partial charge >= 0.3 is 11.9 Å². The quantitative estimate of drug-likeness (QED) is 0.721. The molecule has 5 nitrogen and oxygen atoms in total. The Balaban J connectivity index is 1.47. The number of hydrogen-bond donors (Lipinski definition) is 1. The maximum absolute atomic E-state index is 13.1. The van der Waals surface area contributed by atoms with E-state index in [4.69, 9.17) is 16.3 Å². The van der Waals surface area contributed by atoms with Crippen molar-refractivity contribution in [3.05, 3.63) is 33.2 Å². The highest BCUT2D eigenvalue weighted by atomic mass is 35.5. The summed E-state index contributed by atoms with van der Waals surface area (Å²) in [5.41, 5.74) is -0.694. The lowest BCUT2D eigenvalue weighted by atomic mass is 9.90. The zero-order valence-corrected chi connectivity index (χ0v) is 17.7. The SMILES string of the molecule is CCOC1CCC(N2CCC(n3c(=O)[nH]c4cc(C(F)(F)F)c(Cl)cc43)CC2)CC1. The van der Waals surface area contributed by atoms with Crippen molar-refractivity contribution in [3.63, 3.8) is 0 Å². The van der Waals surface area contributed by atoms with Gasteiger partial charge in [-0.15, -0.1) is 0 Å². The highest BCUT2D eigenvalue weighted by Crippen LogP contribution is 2.37. The van der Waals surface area contributed by atoms with Crippen molar-refractivity contribution in [2.75, 3.05) is 19.7 Å². The molecule has 0 radical (unpaired) electrons. The summed E-state index contributed by atoms with van der Waals surface area (Å²) in [5.74, 6) is 0. The number of aromatic amines is 1. The third kappa shape index (κ3) is 4.27. The number of piperidine rings is 1. The van der Waals surface area contributed by atoms with Crippen molar-refractivity contribution < 1.29 is 17.9 Å². The van der Waals surface area contributed by atoms with Crippen molar-refractivity contribution in [1.29, 1.82) is 0 Å². The predicted molar refractivity (Wildman–Crippen MR) is 110 cm³/mol. The lowest BCUT2D eigenvalue weighted by Crippen LogP contribution is -2.45. The number of fused-ring (bicyclic) bond motifs is 1. The molecular formula is C21H27ClF3N3O2. The Bertz CT molecular complexity index is 939. The molecule has 1 aromatic heterocycles. The van der Waals surface area contributed by atoms with Crippen LogP contribution in [-0.2, 0) is 10.9 Å². The molecule has 1 aromatic carbocycles. The zero-order valence-electron chi connectivity index (χ0n) is 17.0. The first-order valence-electron chi connectivity index (χ1n) is 10.6. The second-order valence-electron chi connectivity index (χ2n) is 8.30. The van der Waals surface area contributed by atoms with E-state index in [9.17, 15) is 18.0 Å². The molecule has 2 heterocycles. The van der Waals surface area contributed by atoms with Crippen LogP contribution in [0.2, 0.25) is 5.02 Å². The smallest absolute Gasteiger partial charge is 0.379 e. The Labute approximate surface area is 178 Å². The molecule has 1 aliphatic carbocycles. The van der Waals surface area contributed by atoms with Crippen LogP contribution >= 0.6 is 11.6 Å². The van der Waals surface area contributed by atoms with Crippen molar-refractivity contribution in [2.45, 2.75) is 69.8 Å². The van der Waals surface area contributed by atoms with Crippen molar-refractivity contribution in [2.24, 2.45) is 0 Å². The molecule has 1 N–H and O–H groups in total. The average molecular weight is 446 g/mol. The second-order valence-corrected chi connectivity index (χ2v) is 8.71. The number of H-pyrrole nitrogens is 1. The van der Waals surface area contributed by atoms with Gasteiger partial charge in [-0.05, 0) is 57.6 Å². The summed E-state index contributed by atoms with van der Waals surface area (Å²) in [6, 6.07) is 2.70. The molecule has 2 aliphatic rings. The molecule has 0 atom stereocenters. The first-order chi connectivity index (χ1) is 14.3. The molecule has 9 heteroatoms. The molecule has 4 rings (SSSR count). The van der Waals surface area contributed by atoms with Crippen molar-refractivity contribution >= 4 is 22.6 Å². The number of nitrogens with one attached hydrogen (secondary N) is 1. The number of hydrogen-bond acceptors (Lipinski definition) is 3. The molecule has 1 saturated carbocycles. The molecule has 0 bridgehead atoms. The van der Waals surface area contributed by atoms with E-state index in [2.05, 4.69) is 9.88 Å². The summed E-state index contributed by atoms with van der Waals surface area (Å²) in [7, 11) is 0. The number of halogens is 4. The van der Waals surface area contributed by atoms with E-state index in [1.165, 1.54) is 6.07 Å². The number of benzene rings is 1. The van der Waals surface area contributed by atoms with Crippen LogP contribution in [0.5, 0.6) is 0 Å². The van der Waals surface area contributed by atoms with Crippen LogP contribution in [0.15, 0.2) is 16.9 Å². The number of aromatic nitrogens is 2. The minimum absolute atomic E-state index is 0.0462. The van der Waals surface area contributed by atoms with E-state index in [-0.39, 0.29) is 22.3 Å². The van der Waals surface area contributed by atoms with Crippen LogP contribution in [-0.4, -0.2) is 46.3 Å². The second kappa shape index (κ2) is 8.55. The van der Waals surface area contributed by atoms with Gasteiger partial charge in [-0.25, -0.2) is 4.79 Å². The molecule has 166 valence electrons. The predicted octanol–water partition coefficient (Wildman–Crippen LogP) is 4.99. The first kappa shape index (κ1) is 21.7. The third-order valence-electron chi connectivity index (χ3n) is 6.54. The van der Waals surface area contributed by atoms with Gasteiger partial charge in [0.2, 0.25) is 0 Å². The largest absolute Gasteiger partial charge is 0.417 e. The van der Waals surface area contributed by atoms with Crippen LogP contribution in [0.3, 0.4) is 0 Å². The van der Waals surface area contributed by atoms with Gasteiger partial charge in [0.05, 0.1) is 27.7 Å². The summed E-state index contributed by atoms with van der Waals surface area (Å²) < 4.78 is 46.7. The van der Waals surface area contributed by atoms with Crippen molar-refractivity contribution in [1.82, 2.24) is 14.5 Å². The minimum Gasteiger partial charge on any atom is -0.379 e.